The van der Waals surface area contributed by atoms with Crippen molar-refractivity contribution in [2.24, 2.45) is 0 Å². The molecule has 0 aromatic heterocycles. The lowest BCUT2D eigenvalue weighted by Crippen LogP contribution is -2.08. The molecule has 2 aromatic rings. The fraction of sp³-hybridized carbons (Fsp3) is 0.286. The van der Waals surface area contributed by atoms with Crippen LogP contribution < -0.4 is 9.64 Å². The van der Waals surface area contributed by atoms with Crippen LogP contribution in [0.1, 0.15) is 30.0 Å². The van der Waals surface area contributed by atoms with Gasteiger partial charge in [-0.05, 0) is 60.4 Å². The Balaban J connectivity index is 2.34. The SMILES string of the molecule is CCCOc1ccc(/C(=C/c2ccc(N(C)C)cc2)C(=O)O)cc1C. The summed E-state index contributed by atoms with van der Waals surface area (Å²) in [6.45, 7) is 4.64. The molecule has 4 nitrogen and oxygen atoms in total. The zero-order chi connectivity index (χ0) is 18.4. The number of hydrogen-bond acceptors (Lipinski definition) is 3. The van der Waals surface area contributed by atoms with Gasteiger partial charge in [-0.1, -0.05) is 25.1 Å². The van der Waals surface area contributed by atoms with Gasteiger partial charge in [0.1, 0.15) is 5.75 Å². The van der Waals surface area contributed by atoms with E-state index in [2.05, 4.69) is 6.92 Å². The van der Waals surface area contributed by atoms with Crippen molar-refractivity contribution in [3.63, 3.8) is 0 Å². The molecule has 0 unspecified atom stereocenters. The molecule has 25 heavy (non-hydrogen) atoms. The van der Waals surface area contributed by atoms with E-state index in [4.69, 9.17) is 4.74 Å². The summed E-state index contributed by atoms with van der Waals surface area (Å²) in [4.78, 5) is 13.7. The van der Waals surface area contributed by atoms with Crippen LogP contribution in [0.3, 0.4) is 0 Å². The second-order valence-electron chi connectivity index (χ2n) is 6.18. The minimum Gasteiger partial charge on any atom is -0.493 e. The highest BCUT2D eigenvalue weighted by Gasteiger charge is 2.12. The standard InChI is InChI=1S/C21H25NO3/c1-5-12-25-20-11-8-17(13-15(20)2)19(21(23)24)14-16-6-9-18(10-7-16)22(3)4/h6-11,13-14H,5,12H2,1-4H3,(H,23,24)/b19-14-. The minimum atomic E-state index is -0.946. The predicted octanol–water partition coefficient (Wildman–Crippen LogP) is 4.48. The summed E-state index contributed by atoms with van der Waals surface area (Å²) in [5.41, 5.74) is 3.79. The van der Waals surface area contributed by atoms with Crippen LogP contribution in [0.25, 0.3) is 11.6 Å². The Labute approximate surface area is 149 Å². The highest BCUT2D eigenvalue weighted by Crippen LogP contribution is 2.26. The average molecular weight is 339 g/mol. The van der Waals surface area contributed by atoms with E-state index in [-0.39, 0.29) is 5.57 Å². The maximum Gasteiger partial charge on any atom is 0.336 e. The summed E-state index contributed by atoms with van der Waals surface area (Å²) in [7, 11) is 3.94. The van der Waals surface area contributed by atoms with Crippen LogP contribution in [0.15, 0.2) is 42.5 Å². The molecule has 0 atom stereocenters. The molecule has 2 aromatic carbocycles. The third-order valence-corrected chi connectivity index (χ3v) is 3.90. The van der Waals surface area contributed by atoms with Crippen LogP contribution in [0, 0.1) is 6.92 Å². The zero-order valence-corrected chi connectivity index (χ0v) is 15.2. The van der Waals surface area contributed by atoms with E-state index >= 15 is 0 Å². The van der Waals surface area contributed by atoms with Crippen molar-refractivity contribution in [2.45, 2.75) is 20.3 Å². The molecule has 1 N–H and O–H groups in total. The van der Waals surface area contributed by atoms with Crippen LogP contribution in [0.5, 0.6) is 5.75 Å². The lowest BCUT2D eigenvalue weighted by atomic mass is 10.0. The lowest BCUT2D eigenvalue weighted by Gasteiger charge is -2.12. The van der Waals surface area contributed by atoms with Crippen molar-refractivity contribution in [3.05, 3.63) is 59.2 Å². The van der Waals surface area contributed by atoms with Crippen LogP contribution in [0.4, 0.5) is 5.69 Å². The molecule has 0 amide bonds. The van der Waals surface area contributed by atoms with Crippen molar-refractivity contribution >= 4 is 23.3 Å². The quantitative estimate of drug-likeness (QED) is 0.597. The third-order valence-electron chi connectivity index (χ3n) is 3.90. The van der Waals surface area contributed by atoms with E-state index in [1.807, 2.05) is 62.3 Å². The van der Waals surface area contributed by atoms with Crippen molar-refractivity contribution < 1.29 is 14.6 Å². The molecule has 0 saturated heterocycles. The smallest absolute Gasteiger partial charge is 0.336 e. The maximum absolute atomic E-state index is 11.7. The summed E-state index contributed by atoms with van der Waals surface area (Å²) in [6.07, 6.45) is 2.63. The van der Waals surface area contributed by atoms with Gasteiger partial charge < -0.3 is 14.7 Å². The Hall–Kier alpha value is -2.75. The number of rotatable bonds is 7. The molecule has 0 spiro atoms. The second-order valence-corrected chi connectivity index (χ2v) is 6.18. The van der Waals surface area contributed by atoms with Crippen LogP contribution >= 0.6 is 0 Å². The minimum absolute atomic E-state index is 0.266. The zero-order valence-electron chi connectivity index (χ0n) is 15.2. The molecule has 0 fully saturated rings. The van der Waals surface area contributed by atoms with Crippen LogP contribution in [0.2, 0.25) is 0 Å². The monoisotopic (exact) mass is 339 g/mol. The van der Waals surface area contributed by atoms with Gasteiger partial charge in [-0.3, -0.25) is 0 Å². The number of anilines is 1. The van der Waals surface area contributed by atoms with Gasteiger partial charge in [0.25, 0.3) is 0 Å². The number of nitrogens with zero attached hydrogens (tertiary/aromatic N) is 1. The molecule has 0 saturated carbocycles. The van der Waals surface area contributed by atoms with E-state index in [0.717, 1.165) is 29.0 Å². The Morgan fingerprint density at radius 2 is 1.84 bits per heavy atom. The fourth-order valence-corrected chi connectivity index (χ4v) is 2.49. The molecule has 0 aliphatic heterocycles. The topological polar surface area (TPSA) is 49.8 Å². The first kappa shape index (κ1) is 18.6. The first-order valence-corrected chi connectivity index (χ1v) is 8.38. The van der Waals surface area contributed by atoms with Gasteiger partial charge in [0.2, 0.25) is 0 Å². The summed E-state index contributed by atoms with van der Waals surface area (Å²) < 4.78 is 5.66. The van der Waals surface area contributed by atoms with E-state index < -0.39 is 5.97 Å². The molecule has 2 rings (SSSR count). The first-order valence-electron chi connectivity index (χ1n) is 8.38. The van der Waals surface area contributed by atoms with Crippen molar-refractivity contribution in [1.29, 1.82) is 0 Å². The summed E-state index contributed by atoms with van der Waals surface area (Å²) in [5, 5.41) is 9.62. The van der Waals surface area contributed by atoms with Gasteiger partial charge in [0.05, 0.1) is 12.2 Å². The number of carboxylic acid groups (broad SMARTS) is 1. The molecule has 4 heteroatoms. The molecule has 0 aliphatic rings. The van der Waals surface area contributed by atoms with Gasteiger partial charge in [-0.15, -0.1) is 0 Å². The Bertz CT molecular complexity index is 761. The molecule has 0 radical (unpaired) electrons. The molecule has 0 aliphatic carbocycles. The highest BCUT2D eigenvalue weighted by molar-refractivity contribution is 6.20. The number of benzene rings is 2. The van der Waals surface area contributed by atoms with Crippen molar-refractivity contribution in [1.82, 2.24) is 0 Å². The first-order chi connectivity index (χ1) is 11.9. The second kappa shape index (κ2) is 8.38. The van der Waals surface area contributed by atoms with Gasteiger partial charge in [-0.25, -0.2) is 4.79 Å². The van der Waals surface area contributed by atoms with Gasteiger partial charge in [0.15, 0.2) is 0 Å². The van der Waals surface area contributed by atoms with Crippen LogP contribution in [-0.2, 0) is 4.79 Å². The Morgan fingerprint density at radius 3 is 2.36 bits per heavy atom. The average Bonchev–Trinajstić information content (AvgIpc) is 2.58. The van der Waals surface area contributed by atoms with Crippen molar-refractivity contribution in [3.8, 4) is 5.75 Å². The molecular formula is C21H25NO3. The number of aryl methyl sites for hydroxylation is 1. The van der Waals surface area contributed by atoms with Crippen LogP contribution in [-0.4, -0.2) is 31.8 Å². The summed E-state index contributed by atoms with van der Waals surface area (Å²) in [6, 6.07) is 13.3. The maximum atomic E-state index is 11.7. The van der Waals surface area contributed by atoms with E-state index in [9.17, 15) is 9.90 Å². The van der Waals surface area contributed by atoms with Gasteiger partial charge >= 0.3 is 5.97 Å². The number of hydrogen-bond donors (Lipinski definition) is 1. The fourth-order valence-electron chi connectivity index (χ4n) is 2.49. The van der Waals surface area contributed by atoms with Gasteiger partial charge in [-0.2, -0.15) is 0 Å². The number of ether oxygens (including phenoxy) is 1. The van der Waals surface area contributed by atoms with Crippen molar-refractivity contribution in [2.75, 3.05) is 25.6 Å². The molecule has 0 bridgehead atoms. The van der Waals surface area contributed by atoms with E-state index in [0.29, 0.717) is 12.2 Å². The summed E-state index contributed by atoms with van der Waals surface area (Å²) in [5.74, 6) is -0.149. The predicted molar refractivity (Wildman–Crippen MR) is 103 cm³/mol. The largest absolute Gasteiger partial charge is 0.493 e. The molecular weight excluding hydrogens is 314 g/mol. The number of aliphatic carboxylic acids is 1. The third kappa shape index (κ3) is 4.86. The normalized spacial score (nSPS) is 11.3. The number of carbonyl (C=O) groups is 1. The van der Waals surface area contributed by atoms with Gasteiger partial charge in [0, 0.05) is 19.8 Å². The van der Waals surface area contributed by atoms with E-state index in [1.54, 1.807) is 12.1 Å². The molecule has 0 heterocycles. The number of carboxylic acids is 1. The highest BCUT2D eigenvalue weighted by atomic mass is 16.5. The molecule has 132 valence electrons. The Kier molecular flexibility index (Phi) is 6.23. The Morgan fingerprint density at radius 1 is 1.16 bits per heavy atom. The lowest BCUT2D eigenvalue weighted by molar-refractivity contribution is -0.130. The van der Waals surface area contributed by atoms with E-state index in [1.165, 1.54) is 0 Å². The summed E-state index contributed by atoms with van der Waals surface area (Å²) >= 11 is 0.